The third-order valence-electron chi connectivity index (χ3n) is 2.29. The lowest BCUT2D eigenvalue weighted by Gasteiger charge is -2.13. The van der Waals surface area contributed by atoms with Crippen molar-refractivity contribution in [3.63, 3.8) is 0 Å². The van der Waals surface area contributed by atoms with Gasteiger partial charge in [-0.2, -0.15) is 0 Å². The second-order valence-electron chi connectivity index (χ2n) is 3.12. The molecular weight excluding hydrogens is 259 g/mol. The lowest BCUT2D eigenvalue weighted by molar-refractivity contribution is 0.933. The van der Waals surface area contributed by atoms with Crippen molar-refractivity contribution in [1.82, 2.24) is 0 Å². The van der Waals surface area contributed by atoms with Gasteiger partial charge < -0.3 is 0 Å². The molecule has 0 fully saturated rings. The molecule has 0 spiro atoms. The van der Waals surface area contributed by atoms with E-state index >= 15 is 0 Å². The first kappa shape index (κ1) is 10.0. The van der Waals surface area contributed by atoms with Crippen molar-refractivity contribution in [3.05, 3.63) is 33.0 Å². The molecule has 0 aromatic rings. The average molecular weight is 274 g/mol. The van der Waals surface area contributed by atoms with Crippen LogP contribution in [0.25, 0.3) is 0 Å². The van der Waals surface area contributed by atoms with Crippen LogP contribution >= 0.6 is 22.6 Å². The molecule has 1 rings (SSSR count). The zero-order chi connectivity index (χ0) is 8.97. The average Bonchev–Trinajstić information content (AvgIpc) is 2.10. The molecule has 0 N–H and O–H groups in total. The molecule has 0 nitrogen and oxygen atoms in total. The molecule has 0 bridgehead atoms. The molecule has 1 heteroatoms. The molecule has 0 heterocycles. The Morgan fingerprint density at radius 2 is 2.42 bits per heavy atom. The van der Waals surface area contributed by atoms with Crippen LogP contribution in [0.3, 0.4) is 0 Å². The molecule has 12 heavy (non-hydrogen) atoms. The molecule has 0 aliphatic heterocycles. The van der Waals surface area contributed by atoms with E-state index in [0.29, 0.717) is 0 Å². The van der Waals surface area contributed by atoms with E-state index in [9.17, 15) is 0 Å². The van der Waals surface area contributed by atoms with Gasteiger partial charge in [0.1, 0.15) is 0 Å². The van der Waals surface area contributed by atoms with Gasteiger partial charge in [-0.05, 0) is 41.4 Å². The van der Waals surface area contributed by atoms with Crippen LogP contribution in [0, 0.1) is 0 Å². The van der Waals surface area contributed by atoms with Crippen molar-refractivity contribution in [2.24, 2.45) is 0 Å². The van der Waals surface area contributed by atoms with E-state index in [-0.39, 0.29) is 0 Å². The molecule has 1 aliphatic carbocycles. The summed E-state index contributed by atoms with van der Waals surface area (Å²) in [5.41, 5.74) is 4.49. The second-order valence-corrected chi connectivity index (χ2v) is 3.75. The van der Waals surface area contributed by atoms with E-state index in [0.717, 1.165) is 6.42 Å². The minimum atomic E-state index is 1.14. The van der Waals surface area contributed by atoms with Gasteiger partial charge in [-0.25, -0.2) is 0 Å². The molecule has 0 atom stereocenters. The Labute approximate surface area is 88.6 Å². The first-order valence-electron chi connectivity index (χ1n) is 4.45. The Kier molecular flexibility index (Phi) is 4.06. The third-order valence-corrected chi connectivity index (χ3v) is 3.04. The molecule has 0 radical (unpaired) electrons. The quantitative estimate of drug-likeness (QED) is 0.655. The van der Waals surface area contributed by atoms with Crippen LogP contribution in [-0.4, -0.2) is 0 Å². The second kappa shape index (κ2) is 4.85. The maximum atomic E-state index is 2.33. The maximum Gasteiger partial charge on any atom is -0.0196 e. The lowest BCUT2D eigenvalue weighted by atomic mass is 9.93. The molecule has 0 aromatic carbocycles. The summed E-state index contributed by atoms with van der Waals surface area (Å²) >= 11 is 2.33. The van der Waals surface area contributed by atoms with Gasteiger partial charge in [0, 0.05) is 0 Å². The molecule has 1 aliphatic rings. The molecule has 0 amide bonds. The van der Waals surface area contributed by atoms with Gasteiger partial charge >= 0.3 is 0 Å². The molecule has 0 unspecified atom stereocenters. The molecule has 66 valence electrons. The summed E-state index contributed by atoms with van der Waals surface area (Å²) in [6.07, 6.45) is 8.14. The number of hydrogen-bond donors (Lipinski definition) is 0. The van der Waals surface area contributed by atoms with Gasteiger partial charge in [-0.15, -0.1) is 0 Å². The Hall–Kier alpha value is -0.0500. The predicted molar refractivity (Wildman–Crippen MR) is 63.5 cm³/mol. The Morgan fingerprint density at radius 3 is 2.92 bits per heavy atom. The topological polar surface area (TPSA) is 0 Å². The Bertz CT molecular complexity index is 244. The molecular formula is C11H15I. The van der Waals surface area contributed by atoms with Gasteiger partial charge in [0.15, 0.2) is 0 Å². The van der Waals surface area contributed by atoms with Gasteiger partial charge in [0.2, 0.25) is 0 Å². The van der Waals surface area contributed by atoms with Gasteiger partial charge in [0.25, 0.3) is 0 Å². The fourth-order valence-corrected chi connectivity index (χ4v) is 2.26. The van der Waals surface area contributed by atoms with Crippen molar-refractivity contribution in [1.29, 1.82) is 0 Å². The Balaban J connectivity index is 2.92. The minimum Gasteiger partial charge on any atom is -0.0836 e. The monoisotopic (exact) mass is 274 g/mol. The van der Waals surface area contributed by atoms with Crippen LogP contribution in [-0.2, 0) is 0 Å². The fraction of sp³-hybridized carbons (Fsp3) is 0.455. The normalized spacial score (nSPS) is 18.8. The van der Waals surface area contributed by atoms with E-state index in [1.54, 1.807) is 5.57 Å². The molecule has 0 saturated heterocycles. The SMILES string of the molecule is CC/C(=C/I)C1=C(C)CCC=C1. The van der Waals surface area contributed by atoms with Crippen LogP contribution in [0.5, 0.6) is 0 Å². The number of allylic oxidation sites excluding steroid dienone is 5. The van der Waals surface area contributed by atoms with E-state index in [2.05, 4.69) is 52.7 Å². The van der Waals surface area contributed by atoms with Crippen LogP contribution in [0.15, 0.2) is 33.0 Å². The van der Waals surface area contributed by atoms with Crippen molar-refractivity contribution in [2.45, 2.75) is 33.1 Å². The Morgan fingerprint density at radius 1 is 1.67 bits per heavy atom. The lowest BCUT2D eigenvalue weighted by Crippen LogP contribution is -1.94. The van der Waals surface area contributed by atoms with Gasteiger partial charge in [-0.1, -0.05) is 47.2 Å². The number of hydrogen-bond acceptors (Lipinski definition) is 0. The van der Waals surface area contributed by atoms with Crippen molar-refractivity contribution in [3.8, 4) is 0 Å². The van der Waals surface area contributed by atoms with Crippen molar-refractivity contribution in [2.75, 3.05) is 0 Å². The van der Waals surface area contributed by atoms with Crippen LogP contribution < -0.4 is 0 Å². The summed E-state index contributed by atoms with van der Waals surface area (Å²) in [5, 5.41) is 0. The first-order chi connectivity index (χ1) is 5.79. The highest BCUT2D eigenvalue weighted by Gasteiger charge is 2.06. The fourth-order valence-electron chi connectivity index (χ4n) is 1.49. The van der Waals surface area contributed by atoms with E-state index < -0.39 is 0 Å². The summed E-state index contributed by atoms with van der Waals surface area (Å²) < 4.78 is 2.20. The van der Waals surface area contributed by atoms with Crippen molar-refractivity contribution < 1.29 is 0 Å². The van der Waals surface area contributed by atoms with Gasteiger partial charge in [-0.3, -0.25) is 0 Å². The van der Waals surface area contributed by atoms with E-state index in [1.807, 2.05) is 0 Å². The molecule has 0 aromatic heterocycles. The standard InChI is InChI=1S/C11H15I/c1-3-10(8-12)11-7-5-4-6-9(11)2/h5,7-8H,3-4,6H2,1-2H3/b10-8-. The van der Waals surface area contributed by atoms with E-state index in [1.165, 1.54) is 24.0 Å². The smallest absolute Gasteiger partial charge is 0.0196 e. The highest BCUT2D eigenvalue weighted by molar-refractivity contribution is 14.1. The van der Waals surface area contributed by atoms with E-state index in [4.69, 9.17) is 0 Å². The zero-order valence-electron chi connectivity index (χ0n) is 7.73. The van der Waals surface area contributed by atoms with Gasteiger partial charge in [0.05, 0.1) is 0 Å². The number of halogens is 1. The predicted octanol–water partition coefficient (Wildman–Crippen LogP) is 4.38. The van der Waals surface area contributed by atoms with Crippen molar-refractivity contribution >= 4 is 22.6 Å². The highest BCUT2D eigenvalue weighted by atomic mass is 127. The largest absolute Gasteiger partial charge is 0.0836 e. The first-order valence-corrected chi connectivity index (χ1v) is 5.70. The summed E-state index contributed by atoms with van der Waals surface area (Å²) in [7, 11) is 0. The third kappa shape index (κ3) is 2.22. The minimum absolute atomic E-state index is 1.14. The van der Waals surface area contributed by atoms with Crippen LogP contribution in [0.1, 0.15) is 33.1 Å². The van der Waals surface area contributed by atoms with Crippen LogP contribution in [0.4, 0.5) is 0 Å². The highest BCUT2D eigenvalue weighted by Crippen LogP contribution is 2.26. The summed E-state index contributed by atoms with van der Waals surface area (Å²) in [5.74, 6) is 0. The zero-order valence-corrected chi connectivity index (χ0v) is 9.89. The number of rotatable bonds is 2. The summed E-state index contributed by atoms with van der Waals surface area (Å²) in [6.45, 7) is 4.46. The molecule has 0 saturated carbocycles. The summed E-state index contributed by atoms with van der Waals surface area (Å²) in [4.78, 5) is 0. The maximum absolute atomic E-state index is 2.33. The summed E-state index contributed by atoms with van der Waals surface area (Å²) in [6, 6.07) is 0. The van der Waals surface area contributed by atoms with Crippen LogP contribution in [0.2, 0.25) is 0 Å².